The van der Waals surface area contributed by atoms with Crippen LogP contribution in [0.5, 0.6) is 0 Å². The molecule has 0 fully saturated rings. The van der Waals surface area contributed by atoms with Gasteiger partial charge in [0.25, 0.3) is 0 Å². The number of hydrogen-bond donors (Lipinski definition) is 1. The second kappa shape index (κ2) is 4.72. The van der Waals surface area contributed by atoms with Crippen molar-refractivity contribution in [3.63, 3.8) is 0 Å². The van der Waals surface area contributed by atoms with Gasteiger partial charge >= 0.3 is 0 Å². The van der Waals surface area contributed by atoms with Crippen LogP contribution in [0.2, 0.25) is 5.02 Å². The van der Waals surface area contributed by atoms with Gasteiger partial charge in [0.15, 0.2) is 0 Å². The van der Waals surface area contributed by atoms with E-state index in [1.165, 1.54) is 0 Å². The van der Waals surface area contributed by atoms with E-state index in [9.17, 15) is 0 Å². The van der Waals surface area contributed by atoms with E-state index in [0.717, 1.165) is 28.9 Å². The summed E-state index contributed by atoms with van der Waals surface area (Å²) in [5.74, 6) is 0.289. The molecule has 0 bridgehead atoms. The fourth-order valence-electron chi connectivity index (χ4n) is 1.67. The van der Waals surface area contributed by atoms with Gasteiger partial charge < -0.3 is 5.73 Å². The maximum absolute atomic E-state index is 6.18. The number of hydrogen-bond acceptors (Lipinski definition) is 3. The highest BCUT2D eigenvalue weighted by atomic mass is 35.5. The first-order valence-corrected chi connectivity index (χ1v) is 5.88. The van der Waals surface area contributed by atoms with E-state index in [2.05, 4.69) is 9.97 Å². The Morgan fingerprint density at radius 3 is 2.71 bits per heavy atom. The van der Waals surface area contributed by atoms with E-state index >= 15 is 0 Å². The van der Waals surface area contributed by atoms with Crippen molar-refractivity contribution in [3.8, 4) is 11.3 Å². The summed E-state index contributed by atoms with van der Waals surface area (Å²) in [4.78, 5) is 8.39. The third kappa shape index (κ3) is 2.56. The molecule has 0 aliphatic heterocycles. The van der Waals surface area contributed by atoms with Crippen LogP contribution < -0.4 is 5.73 Å². The molecule has 2 N–H and O–H groups in total. The number of benzene rings is 1. The number of nitrogen functional groups attached to an aromatic ring is 1. The largest absolute Gasteiger partial charge is 0.368 e. The lowest BCUT2D eigenvalue weighted by Crippen LogP contribution is -2.00. The first kappa shape index (κ1) is 11.9. The first-order valence-electron chi connectivity index (χ1n) is 5.50. The molecule has 88 valence electrons. The Morgan fingerprint density at radius 2 is 2.00 bits per heavy atom. The molecule has 1 aromatic heterocycles. The van der Waals surface area contributed by atoms with Gasteiger partial charge in [-0.25, -0.2) is 9.97 Å². The van der Waals surface area contributed by atoms with Crippen molar-refractivity contribution in [2.75, 3.05) is 5.73 Å². The highest BCUT2D eigenvalue weighted by Gasteiger charge is 2.08. The van der Waals surface area contributed by atoms with Crippen molar-refractivity contribution < 1.29 is 0 Å². The van der Waals surface area contributed by atoms with Gasteiger partial charge in [0, 0.05) is 16.3 Å². The summed E-state index contributed by atoms with van der Waals surface area (Å²) in [6.45, 7) is 4.05. The highest BCUT2D eigenvalue weighted by molar-refractivity contribution is 6.33. The average Bonchev–Trinajstić information content (AvgIpc) is 2.31. The molecule has 2 aromatic rings. The summed E-state index contributed by atoms with van der Waals surface area (Å²) in [7, 11) is 0. The molecule has 0 radical (unpaired) electrons. The minimum Gasteiger partial charge on any atom is -0.368 e. The second-order valence-corrected chi connectivity index (χ2v) is 4.35. The topological polar surface area (TPSA) is 51.8 Å². The molecule has 4 heteroatoms. The summed E-state index contributed by atoms with van der Waals surface area (Å²) >= 11 is 6.18. The molecule has 0 aliphatic carbocycles. The molecule has 0 spiro atoms. The van der Waals surface area contributed by atoms with Gasteiger partial charge in [0.1, 0.15) is 0 Å². The number of aromatic nitrogens is 2. The van der Waals surface area contributed by atoms with Crippen molar-refractivity contribution in [2.45, 2.75) is 20.3 Å². The maximum Gasteiger partial charge on any atom is 0.220 e. The summed E-state index contributed by atoms with van der Waals surface area (Å²) in [6, 6.07) is 7.77. The molecule has 1 aromatic carbocycles. The number of nitrogens with zero attached hydrogens (tertiary/aromatic N) is 2. The van der Waals surface area contributed by atoms with Crippen LogP contribution in [0, 0.1) is 6.92 Å². The monoisotopic (exact) mass is 247 g/mol. The maximum atomic E-state index is 6.18. The minimum atomic E-state index is 0.289. The predicted octanol–water partition coefficient (Wildman–Crippen LogP) is 3.25. The number of rotatable bonds is 2. The molecule has 0 atom stereocenters. The summed E-state index contributed by atoms with van der Waals surface area (Å²) in [6.07, 6.45) is 0.823. The smallest absolute Gasteiger partial charge is 0.220 e. The standard InChI is InChI=1S/C13H14ClN3/c1-3-9-7-12(17-13(15)16-9)10-6-8(2)4-5-11(10)14/h4-7H,3H2,1-2H3,(H2,15,16,17). The normalized spacial score (nSPS) is 10.5. The zero-order valence-electron chi connectivity index (χ0n) is 9.87. The van der Waals surface area contributed by atoms with Crippen molar-refractivity contribution in [2.24, 2.45) is 0 Å². The minimum absolute atomic E-state index is 0.289. The Morgan fingerprint density at radius 1 is 1.24 bits per heavy atom. The van der Waals surface area contributed by atoms with Crippen LogP contribution in [0.1, 0.15) is 18.2 Å². The number of anilines is 1. The van der Waals surface area contributed by atoms with Crippen molar-refractivity contribution >= 4 is 17.5 Å². The molecule has 17 heavy (non-hydrogen) atoms. The van der Waals surface area contributed by atoms with Crippen LogP contribution in [0.4, 0.5) is 5.95 Å². The SMILES string of the molecule is CCc1cc(-c2cc(C)ccc2Cl)nc(N)n1. The number of nitrogens with two attached hydrogens (primary N) is 1. The Labute approximate surface area is 106 Å². The Bertz CT molecular complexity index is 552. The molecule has 0 saturated carbocycles. The zero-order chi connectivity index (χ0) is 12.4. The van der Waals surface area contributed by atoms with Gasteiger partial charge in [-0.05, 0) is 31.5 Å². The molecule has 3 nitrogen and oxygen atoms in total. The zero-order valence-corrected chi connectivity index (χ0v) is 10.6. The molecule has 1 heterocycles. The Hall–Kier alpha value is -1.61. The number of halogens is 1. The van der Waals surface area contributed by atoms with Crippen LogP contribution in [-0.4, -0.2) is 9.97 Å². The van der Waals surface area contributed by atoms with E-state index in [-0.39, 0.29) is 5.95 Å². The van der Waals surface area contributed by atoms with E-state index < -0.39 is 0 Å². The van der Waals surface area contributed by atoms with Gasteiger partial charge in [0.2, 0.25) is 5.95 Å². The van der Waals surface area contributed by atoms with Crippen LogP contribution >= 0.6 is 11.6 Å². The van der Waals surface area contributed by atoms with Gasteiger partial charge in [-0.15, -0.1) is 0 Å². The van der Waals surface area contributed by atoms with Crippen LogP contribution in [0.3, 0.4) is 0 Å². The Kier molecular flexibility index (Phi) is 3.29. The van der Waals surface area contributed by atoms with E-state index in [0.29, 0.717) is 5.02 Å². The summed E-state index contributed by atoms with van der Waals surface area (Å²) in [5.41, 5.74) is 9.43. The summed E-state index contributed by atoms with van der Waals surface area (Å²) in [5, 5.41) is 0.677. The average molecular weight is 248 g/mol. The molecule has 0 saturated heterocycles. The van der Waals surface area contributed by atoms with Gasteiger partial charge in [-0.3, -0.25) is 0 Å². The molecular formula is C13H14ClN3. The lowest BCUT2D eigenvalue weighted by Gasteiger charge is -2.07. The lowest BCUT2D eigenvalue weighted by atomic mass is 10.1. The molecule has 0 unspecified atom stereocenters. The van der Waals surface area contributed by atoms with E-state index in [1.807, 2.05) is 38.1 Å². The third-order valence-corrected chi connectivity index (χ3v) is 2.89. The van der Waals surface area contributed by atoms with E-state index in [4.69, 9.17) is 17.3 Å². The van der Waals surface area contributed by atoms with Crippen LogP contribution in [0.15, 0.2) is 24.3 Å². The van der Waals surface area contributed by atoms with Crippen LogP contribution in [0.25, 0.3) is 11.3 Å². The van der Waals surface area contributed by atoms with Crippen LogP contribution in [-0.2, 0) is 6.42 Å². The quantitative estimate of drug-likeness (QED) is 0.886. The molecule has 0 amide bonds. The molecule has 0 aliphatic rings. The first-order chi connectivity index (χ1) is 8.10. The highest BCUT2D eigenvalue weighted by Crippen LogP contribution is 2.28. The Balaban J connectivity index is 2.59. The molecular weight excluding hydrogens is 234 g/mol. The van der Waals surface area contributed by atoms with Crippen molar-refractivity contribution in [1.29, 1.82) is 0 Å². The van der Waals surface area contributed by atoms with E-state index in [1.54, 1.807) is 0 Å². The number of aryl methyl sites for hydroxylation is 2. The third-order valence-electron chi connectivity index (χ3n) is 2.56. The van der Waals surface area contributed by atoms with Crippen molar-refractivity contribution in [1.82, 2.24) is 9.97 Å². The predicted molar refractivity (Wildman–Crippen MR) is 71.0 cm³/mol. The van der Waals surface area contributed by atoms with Gasteiger partial charge in [-0.1, -0.05) is 30.2 Å². The molecule has 2 rings (SSSR count). The fraction of sp³-hybridized carbons (Fsp3) is 0.231. The second-order valence-electron chi connectivity index (χ2n) is 3.94. The lowest BCUT2D eigenvalue weighted by molar-refractivity contribution is 1.01. The van der Waals surface area contributed by atoms with Gasteiger partial charge in [-0.2, -0.15) is 0 Å². The fourth-order valence-corrected chi connectivity index (χ4v) is 1.89. The van der Waals surface area contributed by atoms with Crippen molar-refractivity contribution in [3.05, 3.63) is 40.5 Å². The summed E-state index contributed by atoms with van der Waals surface area (Å²) < 4.78 is 0. The van der Waals surface area contributed by atoms with Gasteiger partial charge in [0.05, 0.1) is 5.69 Å².